The second-order valence-corrected chi connectivity index (χ2v) is 17.3. The van der Waals surface area contributed by atoms with Crippen LogP contribution in [0.3, 0.4) is 0 Å². The van der Waals surface area contributed by atoms with Crippen molar-refractivity contribution in [2.75, 3.05) is 0 Å². The molecule has 0 spiro atoms. The van der Waals surface area contributed by atoms with E-state index in [4.69, 9.17) is 0 Å². The maximum Gasteiger partial charge on any atom is 0.190 e. The van der Waals surface area contributed by atoms with Gasteiger partial charge in [0.2, 0.25) is 0 Å². The Bertz CT molecular complexity index is 1580. The van der Waals surface area contributed by atoms with Crippen LogP contribution in [0.25, 0.3) is 0 Å². The van der Waals surface area contributed by atoms with Gasteiger partial charge in [-0.2, -0.15) is 0 Å². The summed E-state index contributed by atoms with van der Waals surface area (Å²) in [6.07, 6.45) is 10.5. The van der Waals surface area contributed by atoms with Crippen LogP contribution in [0.4, 0.5) is 0 Å². The maximum absolute atomic E-state index is 15.3. The molecule has 3 unspecified atom stereocenters. The molecule has 0 bridgehead atoms. The number of fused-ring (bicyclic) bond motifs is 3. The average molecular weight is 689 g/mol. The van der Waals surface area contributed by atoms with E-state index in [1.807, 2.05) is 13.0 Å². The van der Waals surface area contributed by atoms with Crippen LogP contribution >= 0.6 is 0 Å². The summed E-state index contributed by atoms with van der Waals surface area (Å²) in [6.45, 7) is 8.80. The number of Topliss-reactive ketones (excluding diaryl/α,β-unsaturated/α-hetero) is 6. The van der Waals surface area contributed by atoms with Gasteiger partial charge in [0.1, 0.15) is 17.5 Å². The summed E-state index contributed by atoms with van der Waals surface area (Å²) in [5, 5.41) is 24.2. The topological polar surface area (TPSA) is 143 Å². The Morgan fingerprint density at radius 2 is 1.48 bits per heavy atom. The zero-order valence-electron chi connectivity index (χ0n) is 30.6. The first-order valence-electron chi connectivity index (χ1n) is 19.4. The number of carbonyl (C=O) groups is 6. The van der Waals surface area contributed by atoms with Crippen molar-refractivity contribution in [3.63, 3.8) is 0 Å². The van der Waals surface area contributed by atoms with Crippen molar-refractivity contribution < 1.29 is 39.0 Å². The van der Waals surface area contributed by atoms with Gasteiger partial charge in [-0.3, -0.25) is 28.8 Å². The fourth-order valence-corrected chi connectivity index (χ4v) is 12.0. The number of aliphatic hydroxyl groups is 1. The van der Waals surface area contributed by atoms with Gasteiger partial charge < -0.3 is 10.2 Å². The van der Waals surface area contributed by atoms with E-state index in [1.165, 1.54) is 6.07 Å². The Morgan fingerprint density at radius 1 is 0.880 bits per heavy atom. The van der Waals surface area contributed by atoms with Crippen molar-refractivity contribution >= 4 is 34.7 Å². The second-order valence-electron chi connectivity index (χ2n) is 17.3. The smallest absolute Gasteiger partial charge is 0.190 e. The van der Waals surface area contributed by atoms with E-state index in [0.29, 0.717) is 30.2 Å². The minimum atomic E-state index is -2.86. The Labute approximate surface area is 296 Å². The summed E-state index contributed by atoms with van der Waals surface area (Å²) in [5.41, 5.74) is -5.27. The first kappa shape index (κ1) is 36.8. The standard InChI is InChI=1S/C42H56O8/c1-6-26(43)22-31-40(4)28(20-18-24-12-7-8-13-24)27-16-11-17-29(44)32(27)36(46)35(40)39(49)42(50)38(48)33(30(45)21-19-25-14-9-10-15-25)37(47)34(23(2)3)41(31,42)5/h11,16-17,23-25,28,31,33-35,44,50H,6-10,12-15,18-22H2,1-5H3/t28-,31-,33?,34?,35?,40-,41-,42+/m1/s1. The van der Waals surface area contributed by atoms with Gasteiger partial charge in [-0.05, 0) is 65.9 Å². The lowest BCUT2D eigenvalue weighted by Crippen LogP contribution is -2.80. The number of hydrogen-bond donors (Lipinski definition) is 2. The highest BCUT2D eigenvalue weighted by atomic mass is 16.3. The van der Waals surface area contributed by atoms with Gasteiger partial charge in [0, 0.05) is 30.6 Å². The van der Waals surface area contributed by atoms with Crippen LogP contribution in [-0.4, -0.2) is 50.5 Å². The van der Waals surface area contributed by atoms with Crippen molar-refractivity contribution in [3.05, 3.63) is 29.3 Å². The molecule has 0 aliphatic heterocycles. The Hall–Kier alpha value is -3.00. The maximum atomic E-state index is 15.3. The fourth-order valence-electron chi connectivity index (χ4n) is 12.0. The summed E-state index contributed by atoms with van der Waals surface area (Å²) < 4.78 is 0. The molecule has 8 nitrogen and oxygen atoms in total. The molecule has 1 aromatic carbocycles. The number of phenols is 1. The van der Waals surface area contributed by atoms with Gasteiger partial charge in [0.15, 0.2) is 34.5 Å². The SMILES string of the molecule is CCC(=O)C[C@@H]1[C@]2(C)C(C(=O)c3c(O)cccc3[C@H]2CCC2CCCC2)C(=O)[C@@]2(O)C(=O)C(C(=O)CCC3CCCC3)C(=O)C(C(C)C)[C@@]12C. The van der Waals surface area contributed by atoms with E-state index in [1.54, 1.807) is 33.8 Å². The molecule has 4 saturated carbocycles. The zero-order chi connectivity index (χ0) is 36.3. The Kier molecular flexibility index (Phi) is 9.95. The highest BCUT2D eigenvalue weighted by Gasteiger charge is 2.80. The number of hydrogen-bond acceptors (Lipinski definition) is 8. The molecule has 0 amide bonds. The summed E-state index contributed by atoms with van der Waals surface area (Å²) in [7, 11) is 0. The normalized spacial score (nSPS) is 36.1. The summed E-state index contributed by atoms with van der Waals surface area (Å²) in [6, 6.07) is 4.92. The van der Waals surface area contributed by atoms with E-state index in [-0.39, 0.29) is 36.4 Å². The molecule has 0 heterocycles. The number of phenolic OH excluding ortho intramolecular Hbond substituents is 1. The highest BCUT2D eigenvalue weighted by Crippen LogP contribution is 2.71. The first-order valence-corrected chi connectivity index (χ1v) is 19.4. The minimum Gasteiger partial charge on any atom is -0.507 e. The van der Waals surface area contributed by atoms with Gasteiger partial charge in [-0.25, -0.2) is 0 Å². The molecule has 272 valence electrons. The Balaban J connectivity index is 1.55. The van der Waals surface area contributed by atoms with Crippen LogP contribution in [0.2, 0.25) is 0 Å². The molecular formula is C42H56O8. The lowest BCUT2D eigenvalue weighted by molar-refractivity contribution is -0.226. The van der Waals surface area contributed by atoms with Crippen molar-refractivity contribution in [1.82, 2.24) is 0 Å². The lowest BCUT2D eigenvalue weighted by atomic mass is 9.33. The molecule has 0 radical (unpaired) electrons. The van der Waals surface area contributed by atoms with E-state index in [2.05, 4.69) is 0 Å². The van der Waals surface area contributed by atoms with Crippen molar-refractivity contribution in [2.24, 2.45) is 52.3 Å². The van der Waals surface area contributed by atoms with E-state index in [9.17, 15) is 34.2 Å². The van der Waals surface area contributed by atoms with Crippen LogP contribution < -0.4 is 0 Å². The van der Waals surface area contributed by atoms with Crippen LogP contribution in [0.5, 0.6) is 5.75 Å². The zero-order valence-corrected chi connectivity index (χ0v) is 30.6. The van der Waals surface area contributed by atoms with Crippen LogP contribution in [0, 0.1) is 52.3 Å². The van der Waals surface area contributed by atoms with Crippen molar-refractivity contribution in [1.29, 1.82) is 0 Å². The second kappa shape index (κ2) is 13.5. The molecule has 50 heavy (non-hydrogen) atoms. The van der Waals surface area contributed by atoms with Crippen molar-refractivity contribution in [2.45, 2.75) is 136 Å². The number of carbonyl (C=O) groups excluding carboxylic acids is 6. The molecule has 0 aromatic heterocycles. The third-order valence-electron chi connectivity index (χ3n) is 14.5. The Morgan fingerprint density at radius 3 is 2.06 bits per heavy atom. The van der Waals surface area contributed by atoms with Gasteiger partial charge in [-0.15, -0.1) is 0 Å². The monoisotopic (exact) mass is 688 g/mol. The summed E-state index contributed by atoms with van der Waals surface area (Å²) in [4.78, 5) is 87.2. The third kappa shape index (κ3) is 5.32. The molecule has 6 rings (SSSR count). The summed E-state index contributed by atoms with van der Waals surface area (Å²) >= 11 is 0. The highest BCUT2D eigenvalue weighted by molar-refractivity contribution is 6.33. The van der Waals surface area contributed by atoms with Gasteiger partial charge in [0.05, 0.1) is 11.5 Å². The van der Waals surface area contributed by atoms with E-state index >= 15 is 4.79 Å². The molecule has 5 aliphatic carbocycles. The first-order chi connectivity index (χ1) is 23.6. The van der Waals surface area contributed by atoms with Gasteiger partial charge in [0.25, 0.3) is 0 Å². The van der Waals surface area contributed by atoms with E-state index < -0.39 is 80.9 Å². The predicted molar refractivity (Wildman–Crippen MR) is 187 cm³/mol. The van der Waals surface area contributed by atoms with Gasteiger partial charge in [-0.1, -0.05) is 98.1 Å². The average Bonchev–Trinajstić information content (AvgIpc) is 3.79. The molecule has 8 heteroatoms. The predicted octanol–water partition coefficient (Wildman–Crippen LogP) is 7.15. The van der Waals surface area contributed by atoms with Crippen LogP contribution in [0.15, 0.2) is 18.2 Å². The van der Waals surface area contributed by atoms with Crippen LogP contribution in [-0.2, 0) is 24.0 Å². The molecule has 8 atom stereocenters. The number of aromatic hydroxyl groups is 1. The molecule has 4 fully saturated rings. The largest absolute Gasteiger partial charge is 0.507 e. The third-order valence-corrected chi connectivity index (χ3v) is 14.5. The molecule has 1 aromatic rings. The lowest BCUT2D eigenvalue weighted by Gasteiger charge is -2.67. The fraction of sp³-hybridized carbons (Fsp3) is 0.714. The number of rotatable bonds is 11. The van der Waals surface area contributed by atoms with Crippen molar-refractivity contribution in [3.8, 4) is 5.75 Å². The van der Waals surface area contributed by atoms with Crippen LogP contribution in [0.1, 0.15) is 146 Å². The van der Waals surface area contributed by atoms with Gasteiger partial charge >= 0.3 is 0 Å². The molecule has 5 aliphatic rings. The number of ketones is 6. The molecule has 0 saturated heterocycles. The molecule has 2 N–H and O–H groups in total. The minimum absolute atomic E-state index is 0.000918. The van der Waals surface area contributed by atoms with E-state index in [0.717, 1.165) is 57.8 Å². The number of benzene rings is 1. The molecular weight excluding hydrogens is 632 g/mol. The summed E-state index contributed by atoms with van der Waals surface area (Å²) in [5.74, 6) is -9.96. The quantitative estimate of drug-likeness (QED) is 0.234.